The van der Waals surface area contributed by atoms with E-state index in [9.17, 15) is 13.6 Å². The van der Waals surface area contributed by atoms with Crippen molar-refractivity contribution in [3.05, 3.63) is 41.6 Å². The number of nitrogen functional groups attached to an aromatic ring is 1. The van der Waals surface area contributed by atoms with Crippen molar-refractivity contribution in [1.29, 1.82) is 0 Å². The van der Waals surface area contributed by atoms with E-state index in [4.69, 9.17) is 10.8 Å². The average Bonchev–Trinajstić information content (AvgIpc) is 2.31. The first-order chi connectivity index (χ1) is 8.49. The molecule has 1 aromatic carbocycles. The Bertz CT molecular complexity index is 632. The first-order valence-corrected chi connectivity index (χ1v) is 4.80. The third-order valence-electron chi connectivity index (χ3n) is 2.22. The van der Waals surface area contributed by atoms with Crippen LogP contribution >= 0.6 is 0 Å². The summed E-state index contributed by atoms with van der Waals surface area (Å²) in [5, 5.41) is 8.73. The van der Waals surface area contributed by atoms with Gasteiger partial charge in [-0.2, -0.15) is 0 Å². The van der Waals surface area contributed by atoms with Crippen LogP contribution in [0.15, 0.2) is 24.4 Å². The monoisotopic (exact) mass is 251 g/mol. The molecule has 0 aliphatic rings. The number of nitrogens with two attached hydrogens (primary N) is 1. The van der Waals surface area contributed by atoms with E-state index in [-0.39, 0.29) is 22.8 Å². The highest BCUT2D eigenvalue weighted by Gasteiger charge is 2.14. The van der Waals surface area contributed by atoms with Crippen molar-refractivity contribution >= 4 is 11.8 Å². The topological polar surface area (TPSA) is 89.1 Å². The van der Waals surface area contributed by atoms with Crippen LogP contribution in [0.4, 0.5) is 14.6 Å². The smallest absolute Gasteiger partial charge is 0.341 e. The zero-order valence-electron chi connectivity index (χ0n) is 8.89. The second-order valence-corrected chi connectivity index (χ2v) is 3.42. The molecule has 7 heteroatoms. The number of hydrogen-bond donors (Lipinski definition) is 2. The van der Waals surface area contributed by atoms with Crippen LogP contribution in [0.25, 0.3) is 11.4 Å². The molecule has 0 unspecified atom stereocenters. The number of rotatable bonds is 2. The Kier molecular flexibility index (Phi) is 2.88. The van der Waals surface area contributed by atoms with Gasteiger partial charge in [0.15, 0.2) is 5.82 Å². The Hall–Kier alpha value is -2.57. The van der Waals surface area contributed by atoms with Gasteiger partial charge in [-0.15, -0.1) is 0 Å². The maximum absolute atomic E-state index is 13.4. The van der Waals surface area contributed by atoms with E-state index in [0.29, 0.717) is 0 Å². The zero-order valence-corrected chi connectivity index (χ0v) is 8.89. The Balaban J connectivity index is 2.55. The minimum absolute atomic E-state index is 0.172. The molecule has 0 aliphatic carbocycles. The average molecular weight is 251 g/mol. The van der Waals surface area contributed by atoms with Crippen molar-refractivity contribution in [2.24, 2.45) is 0 Å². The molecule has 2 rings (SSSR count). The first-order valence-electron chi connectivity index (χ1n) is 4.80. The summed E-state index contributed by atoms with van der Waals surface area (Å²) >= 11 is 0. The quantitative estimate of drug-likeness (QED) is 0.847. The molecule has 0 radical (unpaired) electrons. The predicted molar refractivity (Wildman–Crippen MR) is 58.8 cm³/mol. The molecular weight excluding hydrogens is 244 g/mol. The maximum Gasteiger partial charge on any atom is 0.341 e. The van der Waals surface area contributed by atoms with Crippen LogP contribution in [-0.4, -0.2) is 21.0 Å². The number of aromatic nitrogens is 2. The van der Waals surface area contributed by atoms with E-state index in [1.165, 1.54) is 0 Å². The molecule has 1 heterocycles. The van der Waals surface area contributed by atoms with Gasteiger partial charge < -0.3 is 10.8 Å². The fourth-order valence-electron chi connectivity index (χ4n) is 1.36. The van der Waals surface area contributed by atoms with E-state index in [1.807, 2.05) is 0 Å². The molecule has 0 bridgehead atoms. The largest absolute Gasteiger partial charge is 0.477 e. The molecule has 0 amide bonds. The highest BCUT2D eigenvalue weighted by atomic mass is 19.1. The molecule has 1 aromatic heterocycles. The van der Waals surface area contributed by atoms with Crippen LogP contribution in [0.5, 0.6) is 0 Å². The molecule has 0 saturated carbocycles. The number of carboxylic acid groups (broad SMARTS) is 1. The number of aromatic carboxylic acids is 1. The molecule has 0 atom stereocenters. The summed E-state index contributed by atoms with van der Waals surface area (Å²) in [5.74, 6) is -3.15. The van der Waals surface area contributed by atoms with Gasteiger partial charge in [0.1, 0.15) is 23.0 Å². The van der Waals surface area contributed by atoms with Gasteiger partial charge in [-0.1, -0.05) is 0 Å². The summed E-state index contributed by atoms with van der Waals surface area (Å²) in [7, 11) is 0. The number of anilines is 1. The molecular formula is C11H7F2N3O2. The lowest BCUT2D eigenvalue weighted by Crippen LogP contribution is -2.07. The van der Waals surface area contributed by atoms with Gasteiger partial charge in [-0.05, 0) is 18.2 Å². The molecule has 3 N–H and O–H groups in total. The molecule has 0 aliphatic heterocycles. The molecule has 18 heavy (non-hydrogen) atoms. The standard InChI is InChI=1S/C11H7F2N3O2/c12-5-1-2-8(13)6(3-5)10-15-4-7(11(17)18)9(14)16-10/h1-4H,(H,17,18)(H2,14,15,16). The summed E-state index contributed by atoms with van der Waals surface area (Å²) in [5.41, 5.74) is 4.92. The Morgan fingerprint density at radius 2 is 2.06 bits per heavy atom. The third kappa shape index (κ3) is 2.10. The molecule has 2 aromatic rings. The lowest BCUT2D eigenvalue weighted by Gasteiger charge is -2.04. The van der Waals surface area contributed by atoms with Crippen LogP contribution in [0.3, 0.4) is 0 Å². The first kappa shape index (κ1) is 11.9. The summed E-state index contributed by atoms with van der Waals surface area (Å²) in [6.45, 7) is 0. The van der Waals surface area contributed by atoms with Crippen LogP contribution in [0.2, 0.25) is 0 Å². The summed E-state index contributed by atoms with van der Waals surface area (Å²) < 4.78 is 26.4. The minimum atomic E-state index is -1.29. The molecule has 5 nitrogen and oxygen atoms in total. The van der Waals surface area contributed by atoms with Crippen molar-refractivity contribution < 1.29 is 18.7 Å². The van der Waals surface area contributed by atoms with Gasteiger partial charge in [-0.3, -0.25) is 0 Å². The van der Waals surface area contributed by atoms with E-state index in [2.05, 4.69) is 9.97 Å². The predicted octanol–water partition coefficient (Wildman–Crippen LogP) is 1.70. The van der Waals surface area contributed by atoms with Gasteiger partial charge in [0, 0.05) is 6.20 Å². The normalized spacial score (nSPS) is 10.3. The van der Waals surface area contributed by atoms with E-state index < -0.39 is 17.6 Å². The lowest BCUT2D eigenvalue weighted by atomic mass is 10.2. The van der Waals surface area contributed by atoms with Gasteiger partial charge in [0.25, 0.3) is 0 Å². The highest BCUT2D eigenvalue weighted by molar-refractivity contribution is 5.92. The summed E-state index contributed by atoms with van der Waals surface area (Å²) in [6, 6.07) is 2.79. The SMILES string of the molecule is Nc1nc(-c2cc(F)ccc2F)ncc1C(=O)O. The van der Waals surface area contributed by atoms with Gasteiger partial charge in [0.05, 0.1) is 5.56 Å². The number of carboxylic acids is 1. The lowest BCUT2D eigenvalue weighted by molar-refractivity contribution is 0.0697. The Labute approximate surface area is 99.9 Å². The van der Waals surface area contributed by atoms with Crippen molar-refractivity contribution in [3.63, 3.8) is 0 Å². The summed E-state index contributed by atoms with van der Waals surface area (Å²) in [6.07, 6.45) is 0.949. The second-order valence-electron chi connectivity index (χ2n) is 3.42. The van der Waals surface area contributed by atoms with Crippen LogP contribution in [0.1, 0.15) is 10.4 Å². The summed E-state index contributed by atoms with van der Waals surface area (Å²) in [4.78, 5) is 18.0. The van der Waals surface area contributed by atoms with Crippen molar-refractivity contribution in [2.45, 2.75) is 0 Å². The fraction of sp³-hybridized carbons (Fsp3) is 0. The molecule has 0 fully saturated rings. The number of halogens is 2. The van der Waals surface area contributed by atoms with Gasteiger partial charge >= 0.3 is 5.97 Å². The van der Waals surface area contributed by atoms with Gasteiger partial charge in [0.2, 0.25) is 0 Å². The molecule has 0 spiro atoms. The second kappa shape index (κ2) is 4.36. The van der Waals surface area contributed by atoms with Gasteiger partial charge in [-0.25, -0.2) is 23.5 Å². The molecule has 0 saturated heterocycles. The van der Waals surface area contributed by atoms with Crippen LogP contribution < -0.4 is 5.73 Å². The number of benzene rings is 1. The fourth-order valence-corrected chi connectivity index (χ4v) is 1.36. The van der Waals surface area contributed by atoms with Crippen molar-refractivity contribution in [3.8, 4) is 11.4 Å². The van der Waals surface area contributed by atoms with E-state index in [0.717, 1.165) is 24.4 Å². The van der Waals surface area contributed by atoms with Crippen molar-refractivity contribution in [2.75, 3.05) is 5.73 Å². The van der Waals surface area contributed by atoms with E-state index in [1.54, 1.807) is 0 Å². The Morgan fingerprint density at radius 3 is 2.67 bits per heavy atom. The zero-order chi connectivity index (χ0) is 13.3. The third-order valence-corrected chi connectivity index (χ3v) is 2.22. The van der Waals surface area contributed by atoms with Crippen LogP contribution in [-0.2, 0) is 0 Å². The van der Waals surface area contributed by atoms with E-state index >= 15 is 0 Å². The van der Waals surface area contributed by atoms with Crippen LogP contribution in [0, 0.1) is 11.6 Å². The Morgan fingerprint density at radius 1 is 1.33 bits per heavy atom. The minimum Gasteiger partial charge on any atom is -0.477 e. The molecule has 92 valence electrons. The number of carbonyl (C=O) groups is 1. The highest BCUT2D eigenvalue weighted by Crippen LogP contribution is 2.21. The number of nitrogens with zero attached hydrogens (tertiary/aromatic N) is 2. The maximum atomic E-state index is 13.4. The number of hydrogen-bond acceptors (Lipinski definition) is 4. The van der Waals surface area contributed by atoms with Crippen molar-refractivity contribution in [1.82, 2.24) is 9.97 Å².